The van der Waals surface area contributed by atoms with Crippen LogP contribution < -0.4 is 0 Å². The number of aryl methyl sites for hydroxylation is 2. The Hall–Kier alpha value is -2.54. The van der Waals surface area contributed by atoms with Crippen LogP contribution in [0, 0.1) is 19.7 Å². The second kappa shape index (κ2) is 6.07. The number of hydrogen-bond donors (Lipinski definition) is 0. The minimum atomic E-state index is -0.393. The first kappa shape index (κ1) is 16.0. The summed E-state index contributed by atoms with van der Waals surface area (Å²) in [6, 6.07) is 6.60. The molecule has 0 radical (unpaired) electrons. The van der Waals surface area contributed by atoms with E-state index < -0.39 is 5.54 Å². The van der Waals surface area contributed by atoms with Gasteiger partial charge in [-0.05, 0) is 31.5 Å². The van der Waals surface area contributed by atoms with Crippen molar-refractivity contribution in [2.24, 2.45) is 0 Å². The van der Waals surface area contributed by atoms with Crippen LogP contribution in [0.1, 0.15) is 29.9 Å². The maximum Gasteiger partial charge on any atom is 0.143 e. The molecule has 3 heterocycles. The lowest BCUT2D eigenvalue weighted by molar-refractivity contribution is 0.0330. The highest BCUT2D eigenvalue weighted by molar-refractivity contribution is 5.62. The fourth-order valence-corrected chi connectivity index (χ4v) is 3.56. The summed E-state index contributed by atoms with van der Waals surface area (Å²) in [6.07, 6.45) is 3.42. The fraction of sp³-hybridized carbons (Fsp3) is 0.389. The Balaban J connectivity index is 1.80. The molecule has 7 heteroatoms. The van der Waals surface area contributed by atoms with E-state index in [-0.39, 0.29) is 5.82 Å². The minimum absolute atomic E-state index is 0.249. The van der Waals surface area contributed by atoms with Crippen LogP contribution in [0.25, 0.3) is 11.3 Å². The Morgan fingerprint density at radius 3 is 2.48 bits per heavy atom. The Bertz CT molecular complexity index is 859. The standard InChI is InChI=1S/C18H19FN4O2/c1-12-17(13(2)25-21-12)16-11-23(22-20-16)18(7-9-24-10-8-18)14-3-5-15(19)6-4-14/h3-6,11H,7-10H2,1-2H3. The highest BCUT2D eigenvalue weighted by Crippen LogP contribution is 2.37. The van der Waals surface area contributed by atoms with Gasteiger partial charge in [0.15, 0.2) is 0 Å². The zero-order valence-electron chi connectivity index (χ0n) is 14.2. The fourth-order valence-electron chi connectivity index (χ4n) is 3.56. The van der Waals surface area contributed by atoms with Gasteiger partial charge in [0, 0.05) is 26.1 Å². The Morgan fingerprint density at radius 2 is 1.84 bits per heavy atom. The summed E-state index contributed by atoms with van der Waals surface area (Å²) in [4.78, 5) is 0. The lowest BCUT2D eigenvalue weighted by Crippen LogP contribution is -2.41. The lowest BCUT2D eigenvalue weighted by atomic mass is 9.83. The van der Waals surface area contributed by atoms with Gasteiger partial charge in [-0.3, -0.25) is 0 Å². The van der Waals surface area contributed by atoms with Gasteiger partial charge >= 0.3 is 0 Å². The van der Waals surface area contributed by atoms with E-state index in [1.54, 1.807) is 0 Å². The number of benzene rings is 1. The molecule has 0 amide bonds. The van der Waals surface area contributed by atoms with Crippen LogP contribution in [0.5, 0.6) is 0 Å². The van der Waals surface area contributed by atoms with Crippen molar-refractivity contribution in [1.29, 1.82) is 0 Å². The summed E-state index contributed by atoms with van der Waals surface area (Å²) in [7, 11) is 0. The minimum Gasteiger partial charge on any atom is -0.381 e. The van der Waals surface area contributed by atoms with Crippen molar-refractivity contribution in [1.82, 2.24) is 20.2 Å². The lowest BCUT2D eigenvalue weighted by Gasteiger charge is -2.37. The molecule has 0 unspecified atom stereocenters. The van der Waals surface area contributed by atoms with E-state index in [9.17, 15) is 4.39 Å². The molecule has 1 fully saturated rings. The van der Waals surface area contributed by atoms with Crippen molar-refractivity contribution < 1.29 is 13.7 Å². The van der Waals surface area contributed by atoms with Gasteiger partial charge in [-0.25, -0.2) is 9.07 Å². The van der Waals surface area contributed by atoms with Gasteiger partial charge in [-0.1, -0.05) is 22.5 Å². The van der Waals surface area contributed by atoms with Gasteiger partial charge < -0.3 is 9.26 Å². The van der Waals surface area contributed by atoms with Crippen LogP contribution in [0.2, 0.25) is 0 Å². The molecule has 6 nitrogen and oxygen atoms in total. The maximum atomic E-state index is 13.4. The molecular formula is C18H19FN4O2. The van der Waals surface area contributed by atoms with E-state index in [0.717, 1.165) is 35.4 Å². The molecule has 0 spiro atoms. The van der Waals surface area contributed by atoms with Crippen molar-refractivity contribution in [3.05, 3.63) is 53.3 Å². The molecule has 1 aromatic carbocycles. The van der Waals surface area contributed by atoms with Crippen LogP contribution in [0.15, 0.2) is 35.0 Å². The quantitative estimate of drug-likeness (QED) is 0.731. The first-order chi connectivity index (χ1) is 12.1. The van der Waals surface area contributed by atoms with Gasteiger partial charge in [0.25, 0.3) is 0 Å². The van der Waals surface area contributed by atoms with Crippen molar-refractivity contribution in [3.63, 3.8) is 0 Å². The Morgan fingerprint density at radius 1 is 1.12 bits per heavy atom. The van der Waals surface area contributed by atoms with E-state index in [4.69, 9.17) is 9.26 Å². The molecule has 0 N–H and O–H groups in total. The number of aromatic nitrogens is 4. The topological polar surface area (TPSA) is 66.0 Å². The highest BCUT2D eigenvalue weighted by Gasteiger charge is 2.38. The molecule has 0 aliphatic carbocycles. The smallest absolute Gasteiger partial charge is 0.143 e. The molecule has 3 aromatic rings. The first-order valence-corrected chi connectivity index (χ1v) is 8.30. The van der Waals surface area contributed by atoms with Gasteiger partial charge in [-0.15, -0.1) is 5.10 Å². The van der Waals surface area contributed by atoms with Crippen molar-refractivity contribution in [2.45, 2.75) is 32.2 Å². The average molecular weight is 342 g/mol. The summed E-state index contributed by atoms with van der Waals surface area (Å²) in [5, 5.41) is 12.7. The second-order valence-corrected chi connectivity index (χ2v) is 6.40. The molecule has 2 aromatic heterocycles. The van der Waals surface area contributed by atoms with Gasteiger partial charge in [-0.2, -0.15) is 0 Å². The SMILES string of the molecule is Cc1noc(C)c1-c1cn(C2(c3ccc(F)cc3)CCOCC2)nn1. The van der Waals surface area contributed by atoms with Crippen LogP contribution in [0.4, 0.5) is 4.39 Å². The number of nitrogens with zero attached hydrogens (tertiary/aromatic N) is 4. The third-order valence-corrected chi connectivity index (χ3v) is 4.92. The van der Waals surface area contributed by atoms with Crippen molar-refractivity contribution in [2.75, 3.05) is 13.2 Å². The maximum absolute atomic E-state index is 13.4. The predicted octanol–water partition coefficient (Wildman–Crippen LogP) is 3.24. The van der Waals surface area contributed by atoms with Gasteiger partial charge in [0.1, 0.15) is 17.3 Å². The number of ether oxygens (including phenoxy) is 1. The van der Waals surface area contributed by atoms with E-state index >= 15 is 0 Å². The summed E-state index contributed by atoms with van der Waals surface area (Å²) in [5.74, 6) is 0.466. The highest BCUT2D eigenvalue weighted by atomic mass is 19.1. The molecule has 4 rings (SSSR count). The summed E-state index contributed by atoms with van der Waals surface area (Å²) < 4.78 is 26.0. The largest absolute Gasteiger partial charge is 0.381 e. The summed E-state index contributed by atoms with van der Waals surface area (Å²) in [5.41, 5.74) is 2.99. The Kier molecular flexibility index (Phi) is 3.88. The molecule has 0 bridgehead atoms. The molecule has 25 heavy (non-hydrogen) atoms. The molecule has 0 atom stereocenters. The normalized spacial score (nSPS) is 16.9. The third kappa shape index (κ3) is 2.64. The molecular weight excluding hydrogens is 323 g/mol. The predicted molar refractivity (Wildman–Crippen MR) is 88.5 cm³/mol. The van der Waals surface area contributed by atoms with Crippen LogP contribution >= 0.6 is 0 Å². The van der Waals surface area contributed by atoms with E-state index in [1.807, 2.05) is 36.9 Å². The summed E-state index contributed by atoms with van der Waals surface area (Å²) in [6.45, 7) is 4.99. The number of rotatable bonds is 3. The zero-order chi connectivity index (χ0) is 17.4. The zero-order valence-corrected chi connectivity index (χ0v) is 14.2. The van der Waals surface area contributed by atoms with E-state index in [0.29, 0.717) is 19.0 Å². The monoisotopic (exact) mass is 342 g/mol. The molecule has 1 saturated heterocycles. The number of halogens is 1. The molecule has 1 aliphatic rings. The van der Waals surface area contributed by atoms with E-state index in [1.165, 1.54) is 12.1 Å². The van der Waals surface area contributed by atoms with Gasteiger partial charge in [0.05, 0.1) is 23.0 Å². The molecule has 0 saturated carbocycles. The van der Waals surface area contributed by atoms with Crippen LogP contribution in [-0.4, -0.2) is 33.4 Å². The number of hydrogen-bond acceptors (Lipinski definition) is 5. The van der Waals surface area contributed by atoms with Crippen molar-refractivity contribution >= 4 is 0 Å². The second-order valence-electron chi connectivity index (χ2n) is 6.40. The Labute approximate surface area is 144 Å². The average Bonchev–Trinajstić information content (AvgIpc) is 3.23. The van der Waals surface area contributed by atoms with Crippen LogP contribution in [0.3, 0.4) is 0 Å². The molecule has 130 valence electrons. The summed E-state index contributed by atoms with van der Waals surface area (Å²) >= 11 is 0. The van der Waals surface area contributed by atoms with Crippen LogP contribution in [-0.2, 0) is 10.3 Å². The third-order valence-electron chi connectivity index (χ3n) is 4.92. The van der Waals surface area contributed by atoms with Crippen molar-refractivity contribution in [3.8, 4) is 11.3 Å². The molecule has 1 aliphatic heterocycles. The first-order valence-electron chi connectivity index (χ1n) is 8.30. The van der Waals surface area contributed by atoms with Gasteiger partial charge in [0.2, 0.25) is 0 Å². The van der Waals surface area contributed by atoms with E-state index in [2.05, 4.69) is 15.5 Å².